The first-order valence-electron chi connectivity index (χ1n) is 8.38. The first kappa shape index (κ1) is 15.2. The Hall–Kier alpha value is -2.37. The van der Waals surface area contributed by atoms with E-state index < -0.39 is 0 Å². The third kappa shape index (κ3) is 3.00. The molecule has 1 N–H and O–H groups in total. The van der Waals surface area contributed by atoms with Gasteiger partial charge in [-0.2, -0.15) is 0 Å². The molecule has 5 nitrogen and oxygen atoms in total. The maximum Gasteiger partial charge on any atom is 0.0890 e. The summed E-state index contributed by atoms with van der Waals surface area (Å²) in [5, 5.41) is 3.49. The molecular weight excluding hydrogens is 298 g/mol. The quantitative estimate of drug-likeness (QED) is 0.804. The zero-order valence-corrected chi connectivity index (χ0v) is 13.8. The number of nitrogens with one attached hydrogen (secondary N) is 1. The van der Waals surface area contributed by atoms with Crippen LogP contribution in [0.3, 0.4) is 0 Å². The first-order valence-corrected chi connectivity index (χ1v) is 8.38. The van der Waals surface area contributed by atoms with Crippen LogP contribution in [0, 0.1) is 6.92 Å². The molecule has 0 saturated carbocycles. The van der Waals surface area contributed by atoms with Gasteiger partial charge in [0.2, 0.25) is 0 Å². The molecule has 1 fully saturated rings. The second-order valence-electron chi connectivity index (χ2n) is 6.22. The summed E-state index contributed by atoms with van der Waals surface area (Å²) in [6.07, 6.45) is 3.78. The largest absolute Gasteiger partial charge is 0.314 e. The molecule has 1 aliphatic rings. The molecule has 2 aromatic heterocycles. The van der Waals surface area contributed by atoms with Crippen molar-refractivity contribution >= 4 is 11.0 Å². The number of piperazine rings is 1. The van der Waals surface area contributed by atoms with Crippen LogP contribution in [-0.4, -0.2) is 39.5 Å². The molecule has 1 aliphatic heterocycles. The Morgan fingerprint density at radius 3 is 2.75 bits per heavy atom. The van der Waals surface area contributed by atoms with Gasteiger partial charge < -0.3 is 5.32 Å². The van der Waals surface area contributed by atoms with Gasteiger partial charge in [0.25, 0.3) is 0 Å². The Balaban J connectivity index is 1.64. The molecule has 3 aromatic rings. The molecule has 1 aromatic carbocycles. The van der Waals surface area contributed by atoms with Crippen LogP contribution in [0.1, 0.15) is 23.0 Å². The minimum absolute atomic E-state index is 0.320. The van der Waals surface area contributed by atoms with Crippen molar-refractivity contribution in [3.05, 3.63) is 65.7 Å². The molecule has 3 heterocycles. The van der Waals surface area contributed by atoms with Crippen LogP contribution in [-0.2, 0) is 6.54 Å². The van der Waals surface area contributed by atoms with Crippen molar-refractivity contribution in [2.45, 2.75) is 19.5 Å². The first-order chi connectivity index (χ1) is 11.8. The zero-order chi connectivity index (χ0) is 16.4. The summed E-state index contributed by atoms with van der Waals surface area (Å²) in [7, 11) is 0. The lowest BCUT2D eigenvalue weighted by Crippen LogP contribution is -2.45. The highest BCUT2D eigenvalue weighted by molar-refractivity contribution is 5.74. The molecule has 1 atom stereocenters. The Bertz CT molecular complexity index is 834. The lowest BCUT2D eigenvalue weighted by Gasteiger charge is -2.36. The number of rotatable bonds is 3. The van der Waals surface area contributed by atoms with Crippen molar-refractivity contribution in [2.75, 3.05) is 19.6 Å². The monoisotopic (exact) mass is 319 g/mol. The third-order valence-corrected chi connectivity index (χ3v) is 4.62. The highest BCUT2D eigenvalue weighted by Crippen LogP contribution is 2.24. The van der Waals surface area contributed by atoms with Gasteiger partial charge in [-0.15, -0.1) is 0 Å². The molecule has 122 valence electrons. The molecule has 24 heavy (non-hydrogen) atoms. The van der Waals surface area contributed by atoms with Crippen molar-refractivity contribution in [1.29, 1.82) is 0 Å². The highest BCUT2D eigenvalue weighted by atomic mass is 15.2. The lowest BCUT2D eigenvalue weighted by molar-refractivity contribution is 0.151. The second kappa shape index (κ2) is 6.63. The average molecular weight is 319 g/mol. The van der Waals surface area contributed by atoms with Crippen molar-refractivity contribution < 1.29 is 0 Å². The Labute approximate surface area is 141 Å². The number of fused-ring (bicyclic) bond motifs is 1. The van der Waals surface area contributed by atoms with E-state index in [0.717, 1.165) is 48.6 Å². The van der Waals surface area contributed by atoms with Crippen LogP contribution in [0.2, 0.25) is 0 Å². The molecule has 0 radical (unpaired) electrons. The fourth-order valence-corrected chi connectivity index (χ4v) is 3.30. The van der Waals surface area contributed by atoms with Crippen LogP contribution >= 0.6 is 0 Å². The number of nitrogens with zero attached hydrogens (tertiary/aromatic N) is 4. The van der Waals surface area contributed by atoms with Gasteiger partial charge >= 0.3 is 0 Å². The van der Waals surface area contributed by atoms with Crippen LogP contribution in [0.15, 0.2) is 48.8 Å². The average Bonchev–Trinajstić information content (AvgIpc) is 2.63. The molecule has 0 amide bonds. The van der Waals surface area contributed by atoms with Crippen LogP contribution in [0.4, 0.5) is 0 Å². The normalized spacial score (nSPS) is 18.8. The smallest absolute Gasteiger partial charge is 0.0890 e. The number of hydrogen-bond donors (Lipinski definition) is 1. The summed E-state index contributed by atoms with van der Waals surface area (Å²) < 4.78 is 0. The second-order valence-corrected chi connectivity index (χ2v) is 6.22. The molecule has 1 saturated heterocycles. The van der Waals surface area contributed by atoms with Crippen LogP contribution in [0.25, 0.3) is 11.0 Å². The minimum atomic E-state index is 0.320. The van der Waals surface area contributed by atoms with E-state index >= 15 is 0 Å². The van der Waals surface area contributed by atoms with Crippen LogP contribution < -0.4 is 5.32 Å². The predicted molar refractivity (Wildman–Crippen MR) is 94.5 cm³/mol. The van der Waals surface area contributed by atoms with E-state index in [-0.39, 0.29) is 0 Å². The number of para-hydroxylation sites is 2. The summed E-state index contributed by atoms with van der Waals surface area (Å²) in [5.41, 5.74) is 5.24. The van der Waals surface area contributed by atoms with E-state index in [1.165, 1.54) is 5.56 Å². The summed E-state index contributed by atoms with van der Waals surface area (Å²) in [6, 6.07) is 12.5. The van der Waals surface area contributed by atoms with Gasteiger partial charge in [-0.1, -0.05) is 18.2 Å². The van der Waals surface area contributed by atoms with Gasteiger partial charge in [-0.25, -0.2) is 9.97 Å². The lowest BCUT2D eigenvalue weighted by atomic mass is 10.0. The van der Waals surface area contributed by atoms with Gasteiger partial charge in [-0.05, 0) is 30.7 Å². The summed E-state index contributed by atoms with van der Waals surface area (Å²) >= 11 is 0. The van der Waals surface area contributed by atoms with Gasteiger partial charge in [0.1, 0.15) is 0 Å². The van der Waals surface area contributed by atoms with Gasteiger partial charge in [0.15, 0.2) is 0 Å². The van der Waals surface area contributed by atoms with E-state index in [1.807, 2.05) is 42.7 Å². The SMILES string of the molecule is Cc1nc2ccccc2nc1CN1CCNCC1c1cccnc1. The standard InChI is InChI=1S/C19H21N5/c1-14-18(23-17-7-3-2-6-16(17)22-14)13-24-10-9-21-12-19(24)15-5-4-8-20-11-15/h2-8,11,19,21H,9-10,12-13H2,1H3. The Morgan fingerprint density at radius 2 is 1.96 bits per heavy atom. The topological polar surface area (TPSA) is 53.9 Å². The van der Waals surface area contributed by atoms with Gasteiger partial charge in [-0.3, -0.25) is 9.88 Å². The van der Waals surface area contributed by atoms with Gasteiger partial charge in [0, 0.05) is 44.6 Å². The van der Waals surface area contributed by atoms with E-state index in [2.05, 4.69) is 28.2 Å². The molecule has 0 bridgehead atoms. The minimum Gasteiger partial charge on any atom is -0.314 e. The van der Waals surface area contributed by atoms with Gasteiger partial charge in [0.05, 0.1) is 22.4 Å². The fourth-order valence-electron chi connectivity index (χ4n) is 3.30. The highest BCUT2D eigenvalue weighted by Gasteiger charge is 2.25. The number of pyridine rings is 1. The predicted octanol–water partition coefficient (Wildman–Crippen LogP) is 2.48. The van der Waals surface area contributed by atoms with Crippen molar-refractivity contribution in [3.8, 4) is 0 Å². The number of aromatic nitrogens is 3. The number of aryl methyl sites for hydroxylation is 1. The number of hydrogen-bond acceptors (Lipinski definition) is 5. The van der Waals surface area contributed by atoms with E-state index in [9.17, 15) is 0 Å². The van der Waals surface area contributed by atoms with Crippen molar-refractivity contribution in [2.24, 2.45) is 0 Å². The molecule has 5 heteroatoms. The van der Waals surface area contributed by atoms with E-state index in [1.54, 1.807) is 0 Å². The summed E-state index contributed by atoms with van der Waals surface area (Å²) in [6.45, 7) is 5.79. The van der Waals surface area contributed by atoms with Crippen molar-refractivity contribution in [3.63, 3.8) is 0 Å². The zero-order valence-electron chi connectivity index (χ0n) is 13.8. The molecule has 1 unspecified atom stereocenters. The molecule has 0 spiro atoms. The number of benzene rings is 1. The molecular formula is C19H21N5. The van der Waals surface area contributed by atoms with E-state index in [0.29, 0.717) is 6.04 Å². The third-order valence-electron chi connectivity index (χ3n) is 4.62. The maximum absolute atomic E-state index is 4.86. The van der Waals surface area contributed by atoms with Crippen LogP contribution in [0.5, 0.6) is 0 Å². The Kier molecular flexibility index (Phi) is 4.19. The maximum atomic E-state index is 4.86. The summed E-state index contributed by atoms with van der Waals surface area (Å²) in [4.78, 5) is 16.3. The molecule has 0 aliphatic carbocycles. The van der Waals surface area contributed by atoms with E-state index in [4.69, 9.17) is 9.97 Å². The molecule has 4 rings (SSSR count). The van der Waals surface area contributed by atoms with Crippen molar-refractivity contribution in [1.82, 2.24) is 25.2 Å². The fraction of sp³-hybridized carbons (Fsp3) is 0.316. The Morgan fingerprint density at radius 1 is 1.12 bits per heavy atom. The summed E-state index contributed by atoms with van der Waals surface area (Å²) in [5.74, 6) is 0.